The van der Waals surface area contributed by atoms with Crippen LogP contribution in [0.4, 0.5) is 0 Å². The zero-order valence-electron chi connectivity index (χ0n) is 12.7. The zero-order chi connectivity index (χ0) is 14.2. The molecule has 2 rings (SSSR count). The Hall–Kier alpha value is -1.32. The molecular formula is C15H25N3O. The van der Waals surface area contributed by atoms with Crippen molar-refractivity contribution in [1.29, 1.82) is 0 Å². The molecule has 1 aromatic heterocycles. The molecule has 1 saturated heterocycles. The number of nitrogens with zero attached hydrogens (tertiary/aromatic N) is 3. The highest BCUT2D eigenvalue weighted by Gasteiger charge is 2.26. The molecule has 0 bridgehead atoms. The number of rotatable bonds is 2. The Labute approximate surface area is 115 Å². The zero-order valence-corrected chi connectivity index (χ0v) is 12.7. The molecule has 4 heteroatoms. The van der Waals surface area contributed by atoms with Crippen molar-refractivity contribution in [3.8, 4) is 0 Å². The Kier molecular flexibility index (Phi) is 3.97. The molecule has 2 heterocycles. The molecule has 0 spiro atoms. The monoisotopic (exact) mass is 263 g/mol. The Bertz CT molecular complexity index is 468. The predicted octanol–water partition coefficient (Wildman–Crippen LogP) is 2.08. The normalized spacial score (nSPS) is 23.7. The second-order valence-electron chi connectivity index (χ2n) is 6.19. The fourth-order valence-electron chi connectivity index (χ4n) is 3.20. The van der Waals surface area contributed by atoms with E-state index in [1.165, 1.54) is 6.42 Å². The minimum absolute atomic E-state index is 0.248. The van der Waals surface area contributed by atoms with E-state index in [4.69, 9.17) is 0 Å². The molecule has 1 amide bonds. The first kappa shape index (κ1) is 14.1. The molecule has 106 valence electrons. The quantitative estimate of drug-likeness (QED) is 0.819. The van der Waals surface area contributed by atoms with Crippen LogP contribution in [0.25, 0.3) is 0 Å². The summed E-state index contributed by atoms with van der Waals surface area (Å²) in [5.41, 5.74) is 3.17. The van der Waals surface area contributed by atoms with Gasteiger partial charge in [-0.15, -0.1) is 0 Å². The summed E-state index contributed by atoms with van der Waals surface area (Å²) in [6, 6.07) is 0. The molecule has 2 unspecified atom stereocenters. The molecule has 0 N–H and O–H groups in total. The van der Waals surface area contributed by atoms with E-state index in [-0.39, 0.29) is 5.91 Å². The summed E-state index contributed by atoms with van der Waals surface area (Å²) in [5.74, 6) is 1.48. The summed E-state index contributed by atoms with van der Waals surface area (Å²) >= 11 is 0. The third-order valence-electron chi connectivity index (χ3n) is 4.21. The van der Waals surface area contributed by atoms with Gasteiger partial charge in [-0.1, -0.05) is 13.8 Å². The van der Waals surface area contributed by atoms with Gasteiger partial charge in [0.15, 0.2) is 0 Å². The Morgan fingerprint density at radius 2 is 1.84 bits per heavy atom. The second-order valence-corrected chi connectivity index (χ2v) is 6.19. The summed E-state index contributed by atoms with van der Waals surface area (Å²) in [7, 11) is 1.93. The minimum atomic E-state index is 0.248. The lowest BCUT2D eigenvalue weighted by atomic mass is 9.91. The molecule has 0 radical (unpaired) electrons. The van der Waals surface area contributed by atoms with Crippen molar-refractivity contribution in [1.82, 2.24) is 14.7 Å². The first-order valence-electron chi connectivity index (χ1n) is 7.15. The summed E-state index contributed by atoms with van der Waals surface area (Å²) in [6.07, 6.45) is 1.72. The van der Waals surface area contributed by atoms with Crippen molar-refractivity contribution in [2.24, 2.45) is 18.9 Å². The molecule has 0 saturated carbocycles. The third kappa shape index (κ3) is 2.99. The van der Waals surface area contributed by atoms with Crippen LogP contribution in [0.15, 0.2) is 0 Å². The van der Waals surface area contributed by atoms with Gasteiger partial charge in [-0.05, 0) is 32.1 Å². The topological polar surface area (TPSA) is 38.1 Å². The second kappa shape index (κ2) is 5.35. The number of carbonyl (C=O) groups excluding carboxylic acids is 1. The molecule has 0 aliphatic carbocycles. The van der Waals surface area contributed by atoms with E-state index >= 15 is 0 Å². The highest BCUT2D eigenvalue weighted by molar-refractivity contribution is 5.79. The lowest BCUT2D eigenvalue weighted by molar-refractivity contribution is -0.133. The van der Waals surface area contributed by atoms with Crippen LogP contribution < -0.4 is 0 Å². The molecule has 1 aliphatic rings. The Morgan fingerprint density at radius 1 is 1.26 bits per heavy atom. The van der Waals surface area contributed by atoms with Crippen molar-refractivity contribution in [2.45, 2.75) is 40.5 Å². The summed E-state index contributed by atoms with van der Waals surface area (Å²) < 4.78 is 1.86. The molecule has 2 atom stereocenters. The number of aromatic nitrogens is 2. The standard InChI is InChI=1S/C15H25N3O/c1-10-6-11(2)9-18(8-10)15(19)7-14-12(3)16-17(5)13(14)4/h10-11H,6-9H2,1-5H3. The van der Waals surface area contributed by atoms with Crippen LogP contribution in [0.3, 0.4) is 0 Å². The van der Waals surface area contributed by atoms with Crippen molar-refractivity contribution in [2.75, 3.05) is 13.1 Å². The number of aryl methyl sites for hydroxylation is 2. The molecule has 0 aromatic carbocycles. The van der Waals surface area contributed by atoms with E-state index in [2.05, 4.69) is 18.9 Å². The van der Waals surface area contributed by atoms with E-state index in [0.29, 0.717) is 18.3 Å². The number of likely N-dealkylation sites (tertiary alicyclic amines) is 1. The molecule has 1 aliphatic heterocycles. The molecule has 4 nitrogen and oxygen atoms in total. The van der Waals surface area contributed by atoms with E-state index in [9.17, 15) is 4.79 Å². The lowest BCUT2D eigenvalue weighted by Crippen LogP contribution is -2.43. The number of carbonyl (C=O) groups is 1. The largest absolute Gasteiger partial charge is 0.342 e. The number of hydrogen-bond acceptors (Lipinski definition) is 2. The highest BCUT2D eigenvalue weighted by atomic mass is 16.2. The maximum Gasteiger partial charge on any atom is 0.227 e. The van der Waals surface area contributed by atoms with Crippen molar-refractivity contribution in [3.63, 3.8) is 0 Å². The van der Waals surface area contributed by atoms with Crippen LogP contribution in [0.1, 0.15) is 37.2 Å². The van der Waals surface area contributed by atoms with Gasteiger partial charge in [-0.2, -0.15) is 5.10 Å². The van der Waals surface area contributed by atoms with E-state index < -0.39 is 0 Å². The maximum absolute atomic E-state index is 12.5. The number of piperidine rings is 1. The molecular weight excluding hydrogens is 238 g/mol. The molecule has 1 aromatic rings. The van der Waals surface area contributed by atoms with Crippen LogP contribution in [0, 0.1) is 25.7 Å². The van der Waals surface area contributed by atoms with Crippen LogP contribution in [0.5, 0.6) is 0 Å². The van der Waals surface area contributed by atoms with E-state index in [0.717, 1.165) is 30.0 Å². The lowest BCUT2D eigenvalue weighted by Gasteiger charge is -2.35. The van der Waals surface area contributed by atoms with Gasteiger partial charge < -0.3 is 4.90 Å². The van der Waals surface area contributed by atoms with Gasteiger partial charge in [0.1, 0.15) is 0 Å². The van der Waals surface area contributed by atoms with Gasteiger partial charge in [0, 0.05) is 31.4 Å². The minimum Gasteiger partial charge on any atom is -0.342 e. The fourth-order valence-corrected chi connectivity index (χ4v) is 3.20. The van der Waals surface area contributed by atoms with E-state index in [1.54, 1.807) is 0 Å². The summed E-state index contributed by atoms with van der Waals surface area (Å²) in [5, 5.41) is 4.38. The van der Waals surface area contributed by atoms with Crippen molar-refractivity contribution >= 4 is 5.91 Å². The van der Waals surface area contributed by atoms with Gasteiger partial charge >= 0.3 is 0 Å². The van der Waals surface area contributed by atoms with Gasteiger partial charge in [-0.25, -0.2) is 0 Å². The van der Waals surface area contributed by atoms with Crippen molar-refractivity contribution < 1.29 is 4.79 Å². The van der Waals surface area contributed by atoms with Gasteiger partial charge in [0.25, 0.3) is 0 Å². The van der Waals surface area contributed by atoms with Crippen molar-refractivity contribution in [3.05, 3.63) is 17.0 Å². The molecule has 19 heavy (non-hydrogen) atoms. The van der Waals surface area contributed by atoms with E-state index in [1.807, 2.05) is 30.5 Å². The van der Waals surface area contributed by atoms with Crippen LogP contribution >= 0.6 is 0 Å². The Balaban J connectivity index is 2.08. The van der Waals surface area contributed by atoms with Crippen LogP contribution in [0.2, 0.25) is 0 Å². The average Bonchev–Trinajstić information content (AvgIpc) is 2.54. The smallest absolute Gasteiger partial charge is 0.227 e. The summed E-state index contributed by atoms with van der Waals surface area (Å²) in [4.78, 5) is 14.5. The first-order valence-corrected chi connectivity index (χ1v) is 7.15. The molecule has 1 fully saturated rings. The number of amides is 1. The Morgan fingerprint density at radius 3 is 2.32 bits per heavy atom. The highest BCUT2D eigenvalue weighted by Crippen LogP contribution is 2.22. The SMILES string of the molecule is Cc1nn(C)c(C)c1CC(=O)N1CC(C)CC(C)C1. The average molecular weight is 263 g/mol. The van der Waals surface area contributed by atoms with Gasteiger partial charge in [0.2, 0.25) is 5.91 Å². The van der Waals surface area contributed by atoms with Crippen LogP contribution in [-0.2, 0) is 18.3 Å². The number of hydrogen-bond donors (Lipinski definition) is 0. The van der Waals surface area contributed by atoms with Crippen LogP contribution in [-0.4, -0.2) is 33.7 Å². The first-order chi connectivity index (χ1) is 8.88. The van der Waals surface area contributed by atoms with Gasteiger partial charge in [0.05, 0.1) is 12.1 Å². The predicted molar refractivity (Wildman–Crippen MR) is 75.9 cm³/mol. The summed E-state index contributed by atoms with van der Waals surface area (Å²) in [6.45, 7) is 10.3. The third-order valence-corrected chi connectivity index (χ3v) is 4.21. The van der Waals surface area contributed by atoms with Gasteiger partial charge in [-0.3, -0.25) is 9.48 Å². The maximum atomic E-state index is 12.5. The fraction of sp³-hybridized carbons (Fsp3) is 0.733.